The summed E-state index contributed by atoms with van der Waals surface area (Å²) in [7, 11) is 5.43. The first-order chi connectivity index (χ1) is 20.2. The molecule has 4 aromatic heterocycles. The van der Waals surface area contributed by atoms with Crippen LogP contribution in [0.1, 0.15) is 20.3 Å². The van der Waals surface area contributed by atoms with Gasteiger partial charge in [0.2, 0.25) is 11.8 Å². The van der Waals surface area contributed by atoms with Gasteiger partial charge < -0.3 is 25.4 Å². The number of pyridine rings is 3. The van der Waals surface area contributed by atoms with Crippen molar-refractivity contribution in [2.45, 2.75) is 33.0 Å². The summed E-state index contributed by atoms with van der Waals surface area (Å²) in [6.45, 7) is 4.52. The van der Waals surface area contributed by atoms with Crippen LogP contribution in [0.15, 0.2) is 67.4 Å². The molecule has 0 aliphatic rings. The number of hydrogen-bond acceptors (Lipinski definition) is 9. The van der Waals surface area contributed by atoms with E-state index in [1.807, 2.05) is 63.3 Å². The summed E-state index contributed by atoms with van der Waals surface area (Å²) < 4.78 is 12.7. The van der Waals surface area contributed by atoms with Crippen LogP contribution in [0.4, 0.5) is 5.69 Å². The first kappa shape index (κ1) is 30.4. The highest BCUT2D eigenvalue weighted by Gasteiger charge is 2.22. The van der Waals surface area contributed by atoms with Gasteiger partial charge in [-0.3, -0.25) is 19.1 Å². The van der Waals surface area contributed by atoms with Crippen molar-refractivity contribution in [3.05, 3.63) is 67.4 Å². The number of fused-ring (bicyclic) bond motifs is 1. The minimum atomic E-state index is -0.705. The van der Waals surface area contributed by atoms with Crippen molar-refractivity contribution in [3.8, 4) is 28.1 Å². The molecule has 0 saturated carbocycles. The minimum absolute atomic E-state index is 0.00246. The Hall–Kier alpha value is -4.61. The SMILES string of the molecule is CCC(C)C(N)C(=O)OCn1cc(-c2ccnc(OC)c2)c2cc(-c3cncc(NC(=O)/C=C/CN(C)C)c3)cnc21. The monoisotopic (exact) mass is 571 g/mol. The van der Waals surface area contributed by atoms with E-state index in [9.17, 15) is 9.59 Å². The fourth-order valence-corrected chi connectivity index (χ4v) is 4.28. The van der Waals surface area contributed by atoms with Crippen molar-refractivity contribution in [2.24, 2.45) is 11.7 Å². The standard InChI is InChI=1S/C31H37N7O4/c1-6-20(2)29(32)31(40)42-19-38-18-26(21-9-10-34-28(14-21)41-5)25-13-23(16-35-30(25)38)22-12-24(17-33-15-22)36-27(39)8-7-11-37(3)4/h7-10,12-18,20,29H,6,11,19,32H2,1-5H3,(H,36,39)/b8-7+. The van der Waals surface area contributed by atoms with Gasteiger partial charge in [-0.25, -0.2) is 9.97 Å². The summed E-state index contributed by atoms with van der Waals surface area (Å²) in [6, 6.07) is 6.84. The predicted octanol–water partition coefficient (Wildman–Crippen LogP) is 4.10. The second kappa shape index (κ2) is 13.8. The number of esters is 1. The Morgan fingerprint density at radius 3 is 2.64 bits per heavy atom. The lowest BCUT2D eigenvalue weighted by Gasteiger charge is -2.17. The van der Waals surface area contributed by atoms with Crippen molar-refractivity contribution in [1.82, 2.24) is 24.4 Å². The summed E-state index contributed by atoms with van der Waals surface area (Å²) in [6.07, 6.45) is 12.6. The number of amides is 1. The molecule has 42 heavy (non-hydrogen) atoms. The summed E-state index contributed by atoms with van der Waals surface area (Å²) in [5.74, 6) is -0.229. The molecular formula is C31H37N7O4. The first-order valence-corrected chi connectivity index (χ1v) is 13.7. The van der Waals surface area contributed by atoms with Crippen LogP contribution in [0.3, 0.4) is 0 Å². The molecule has 0 aliphatic carbocycles. The van der Waals surface area contributed by atoms with Gasteiger partial charge in [-0.2, -0.15) is 0 Å². The van der Waals surface area contributed by atoms with Crippen LogP contribution < -0.4 is 15.8 Å². The van der Waals surface area contributed by atoms with Crippen LogP contribution in [0.2, 0.25) is 0 Å². The molecule has 220 valence electrons. The Labute approximate surface area is 245 Å². The van der Waals surface area contributed by atoms with Gasteiger partial charge in [-0.05, 0) is 43.8 Å². The van der Waals surface area contributed by atoms with Gasteiger partial charge in [-0.15, -0.1) is 0 Å². The van der Waals surface area contributed by atoms with Crippen molar-refractivity contribution >= 4 is 28.6 Å². The highest BCUT2D eigenvalue weighted by atomic mass is 16.5. The Morgan fingerprint density at radius 1 is 1.12 bits per heavy atom. The Balaban J connectivity index is 1.68. The largest absolute Gasteiger partial charge is 0.481 e. The normalized spacial score (nSPS) is 12.9. The van der Waals surface area contributed by atoms with Crippen LogP contribution in [0.5, 0.6) is 5.88 Å². The lowest BCUT2D eigenvalue weighted by atomic mass is 10.0. The molecule has 0 aliphatic heterocycles. The number of carbonyl (C=O) groups is 2. The lowest BCUT2D eigenvalue weighted by Crippen LogP contribution is -2.38. The number of methoxy groups -OCH3 is 1. The molecule has 0 spiro atoms. The maximum atomic E-state index is 12.6. The summed E-state index contributed by atoms with van der Waals surface area (Å²) in [5, 5.41) is 3.68. The van der Waals surface area contributed by atoms with E-state index < -0.39 is 12.0 Å². The number of likely N-dealkylation sites (N-methyl/N-ethyl adjacent to an activating group) is 1. The molecule has 0 aromatic carbocycles. The zero-order chi connectivity index (χ0) is 30.2. The average Bonchev–Trinajstić information content (AvgIpc) is 3.36. The number of aromatic nitrogens is 4. The lowest BCUT2D eigenvalue weighted by molar-refractivity contribution is -0.150. The number of ether oxygens (including phenoxy) is 2. The molecule has 4 heterocycles. The van der Waals surface area contributed by atoms with E-state index in [2.05, 4.69) is 15.3 Å². The number of hydrogen-bond donors (Lipinski definition) is 2. The van der Waals surface area contributed by atoms with Crippen LogP contribution in [0.25, 0.3) is 33.3 Å². The Kier molecular flexibility index (Phi) is 10.00. The molecule has 3 N–H and O–H groups in total. The van der Waals surface area contributed by atoms with E-state index in [4.69, 9.17) is 20.2 Å². The molecule has 2 unspecified atom stereocenters. The second-order valence-corrected chi connectivity index (χ2v) is 10.3. The van der Waals surface area contributed by atoms with Gasteiger partial charge in [0.05, 0.1) is 19.0 Å². The van der Waals surface area contributed by atoms with Crippen LogP contribution in [0, 0.1) is 5.92 Å². The number of rotatable bonds is 12. The Bertz CT molecular complexity index is 1580. The molecule has 0 bridgehead atoms. The maximum Gasteiger partial charge on any atom is 0.324 e. The molecule has 4 aromatic rings. The van der Waals surface area contributed by atoms with Crippen molar-refractivity contribution in [2.75, 3.05) is 33.1 Å². The zero-order valence-corrected chi connectivity index (χ0v) is 24.6. The molecule has 11 nitrogen and oxygen atoms in total. The fraction of sp³-hybridized carbons (Fsp3) is 0.323. The molecule has 4 rings (SSSR count). The quantitative estimate of drug-likeness (QED) is 0.190. The van der Waals surface area contributed by atoms with Gasteiger partial charge in [0.25, 0.3) is 0 Å². The van der Waals surface area contributed by atoms with Gasteiger partial charge in [0.1, 0.15) is 11.7 Å². The molecule has 0 radical (unpaired) electrons. The van der Waals surface area contributed by atoms with E-state index in [-0.39, 0.29) is 18.6 Å². The third-order valence-corrected chi connectivity index (χ3v) is 6.92. The highest BCUT2D eigenvalue weighted by Crippen LogP contribution is 2.34. The van der Waals surface area contributed by atoms with E-state index in [0.717, 1.165) is 34.1 Å². The Morgan fingerprint density at radius 2 is 1.90 bits per heavy atom. The number of carbonyl (C=O) groups excluding carboxylic acids is 2. The van der Waals surface area contributed by atoms with Crippen molar-refractivity contribution in [1.29, 1.82) is 0 Å². The minimum Gasteiger partial charge on any atom is -0.481 e. The van der Waals surface area contributed by atoms with Crippen molar-refractivity contribution in [3.63, 3.8) is 0 Å². The van der Waals surface area contributed by atoms with Crippen LogP contribution in [-0.4, -0.2) is 70.1 Å². The third-order valence-electron chi connectivity index (χ3n) is 6.92. The molecule has 0 saturated heterocycles. The van der Waals surface area contributed by atoms with E-state index >= 15 is 0 Å². The van der Waals surface area contributed by atoms with Gasteiger partial charge in [0.15, 0.2) is 6.73 Å². The van der Waals surface area contributed by atoms with Gasteiger partial charge >= 0.3 is 5.97 Å². The highest BCUT2D eigenvalue weighted by molar-refractivity contribution is 6.00. The molecule has 2 atom stereocenters. The maximum absolute atomic E-state index is 12.6. The average molecular weight is 572 g/mol. The van der Waals surface area contributed by atoms with E-state index in [0.29, 0.717) is 23.8 Å². The van der Waals surface area contributed by atoms with Crippen LogP contribution >= 0.6 is 0 Å². The van der Waals surface area contributed by atoms with Gasteiger partial charge in [-0.1, -0.05) is 26.3 Å². The molecule has 1 amide bonds. The summed E-state index contributed by atoms with van der Waals surface area (Å²) in [4.78, 5) is 40.2. The third kappa shape index (κ3) is 7.36. The number of nitrogens with zero attached hydrogens (tertiary/aromatic N) is 5. The molecular weight excluding hydrogens is 534 g/mol. The topological polar surface area (TPSA) is 137 Å². The second-order valence-electron chi connectivity index (χ2n) is 10.3. The number of anilines is 1. The van der Waals surface area contributed by atoms with Crippen LogP contribution in [-0.2, 0) is 21.1 Å². The summed E-state index contributed by atoms with van der Waals surface area (Å²) in [5.41, 5.74) is 10.5. The van der Waals surface area contributed by atoms with E-state index in [1.165, 1.54) is 6.08 Å². The predicted molar refractivity (Wildman–Crippen MR) is 163 cm³/mol. The smallest absolute Gasteiger partial charge is 0.324 e. The van der Waals surface area contributed by atoms with Crippen molar-refractivity contribution < 1.29 is 19.1 Å². The zero-order valence-electron chi connectivity index (χ0n) is 24.6. The van der Waals surface area contributed by atoms with Gasteiger partial charge in [0, 0.05) is 65.6 Å². The molecule has 11 heteroatoms. The number of nitrogens with one attached hydrogen (secondary N) is 1. The fourth-order valence-electron chi connectivity index (χ4n) is 4.28. The van der Waals surface area contributed by atoms with E-state index in [1.54, 1.807) is 42.5 Å². The summed E-state index contributed by atoms with van der Waals surface area (Å²) >= 11 is 0. The molecule has 0 fully saturated rings. The first-order valence-electron chi connectivity index (χ1n) is 13.7. The number of nitrogens with two attached hydrogens (primary N) is 1.